The lowest BCUT2D eigenvalue weighted by atomic mass is 10.1. The second kappa shape index (κ2) is 47.3. The third-order valence-electron chi connectivity index (χ3n) is 17.9. The van der Waals surface area contributed by atoms with Gasteiger partial charge < -0.3 is 66.8 Å². The largest absolute Gasteiger partial charge is 0.502 e. The van der Waals surface area contributed by atoms with Crippen LogP contribution >= 0.6 is 93.6 Å². The van der Waals surface area contributed by atoms with Crippen LogP contribution in [0.5, 0.6) is 28.7 Å². The third-order valence-corrected chi connectivity index (χ3v) is 19.9. The first-order valence-electron chi connectivity index (χ1n) is 37.4. The number of piperidine rings is 1. The molecule has 2 aliphatic rings. The molecule has 2 heterocycles. The zero-order valence-electron chi connectivity index (χ0n) is 66.7. The van der Waals surface area contributed by atoms with Crippen molar-refractivity contribution in [2.75, 3.05) is 92.3 Å². The molecule has 2 fully saturated rings. The van der Waals surface area contributed by atoms with Crippen molar-refractivity contribution < 1.29 is 84.9 Å². The summed E-state index contributed by atoms with van der Waals surface area (Å²) in [6.45, 7) is 15.3. The molecular formula is C86H83Cl8F5N10O15. The predicted molar refractivity (Wildman–Crippen MR) is 475 cm³/mol. The van der Waals surface area contributed by atoms with Crippen LogP contribution in [-0.4, -0.2) is 126 Å². The summed E-state index contributed by atoms with van der Waals surface area (Å²) in [5.41, 5.74) is 8.11. The Kier molecular flexibility index (Phi) is 38.2. The number of aryl methyl sites for hydroxylation is 4. The number of amides is 5. The summed E-state index contributed by atoms with van der Waals surface area (Å²) in [5.74, 6) is -6.03. The van der Waals surface area contributed by atoms with E-state index in [1.165, 1.54) is 37.3 Å². The number of para-hydroxylation sites is 2. The number of nitro groups is 2. The fourth-order valence-corrected chi connectivity index (χ4v) is 13.2. The number of alkyl halides is 5. The number of phenolic OH excluding ortho intramolecular Hbond substituents is 2. The number of nitro benzene ring substituents is 2. The van der Waals surface area contributed by atoms with Crippen molar-refractivity contribution in [3.8, 4) is 28.7 Å². The summed E-state index contributed by atoms with van der Waals surface area (Å²) < 4.78 is 87.7. The maximum Gasteiger partial charge on any atom is 0.416 e. The number of hydrogen-bond acceptors (Lipinski definition) is 18. The van der Waals surface area contributed by atoms with Gasteiger partial charge in [0.25, 0.3) is 35.5 Å². The Morgan fingerprint density at radius 3 is 1.30 bits per heavy atom. The number of carbonyl (C=O) groups excluding carboxylic acids is 5. The molecule has 0 unspecified atom stereocenters. The average Bonchev–Trinajstić information content (AvgIpc) is 0.824. The molecule has 10 aromatic carbocycles. The van der Waals surface area contributed by atoms with Gasteiger partial charge in [0, 0.05) is 65.0 Å². The van der Waals surface area contributed by atoms with E-state index in [2.05, 4.69) is 36.8 Å². The second-order valence-electron chi connectivity index (χ2n) is 27.5. The van der Waals surface area contributed by atoms with Gasteiger partial charge in [-0.05, 0) is 222 Å². The summed E-state index contributed by atoms with van der Waals surface area (Å²) in [5, 5.41) is 60.0. The van der Waals surface area contributed by atoms with E-state index in [0.717, 1.165) is 118 Å². The number of nitrogens with zero attached hydrogens (tertiary/aromatic N) is 3. The highest BCUT2D eigenvalue weighted by atomic mass is 35.5. The highest BCUT2D eigenvalue weighted by molar-refractivity contribution is 6.36. The summed E-state index contributed by atoms with van der Waals surface area (Å²) >= 11 is 42.6. The van der Waals surface area contributed by atoms with Crippen LogP contribution < -0.4 is 51.8 Å². The van der Waals surface area contributed by atoms with Gasteiger partial charge in [-0.15, -0.1) is 12.4 Å². The smallest absolute Gasteiger partial charge is 0.416 e. The van der Waals surface area contributed by atoms with Crippen LogP contribution in [0.3, 0.4) is 0 Å². The van der Waals surface area contributed by atoms with E-state index in [9.17, 15) is 76.4 Å². The highest BCUT2D eigenvalue weighted by Gasteiger charge is 2.33. The predicted octanol–water partition coefficient (Wildman–Crippen LogP) is 21.9. The lowest BCUT2D eigenvalue weighted by molar-refractivity contribution is -0.386. The van der Waals surface area contributed by atoms with Gasteiger partial charge in [0.05, 0.1) is 106 Å². The van der Waals surface area contributed by atoms with E-state index >= 15 is 0 Å². The van der Waals surface area contributed by atoms with Crippen molar-refractivity contribution >= 4 is 163 Å². The monoisotopic (exact) mass is 1870 g/mol. The van der Waals surface area contributed by atoms with E-state index in [0.29, 0.717) is 114 Å². The minimum absolute atomic E-state index is 0. The molecule has 0 aromatic heterocycles. The molecule has 0 aliphatic carbocycles. The number of phenols is 2. The second-order valence-corrected chi connectivity index (χ2v) is 30.5. The number of rotatable bonds is 23. The minimum atomic E-state index is -4.58. The van der Waals surface area contributed by atoms with Gasteiger partial charge in [0.2, 0.25) is 11.5 Å². The Morgan fingerprint density at radius 2 is 0.895 bits per heavy atom. The Bertz CT molecular complexity index is 5480. The molecule has 0 radical (unpaired) electrons. The van der Waals surface area contributed by atoms with Crippen LogP contribution in [0, 0.1) is 47.9 Å². The molecule has 12 rings (SSSR count). The fourth-order valence-electron chi connectivity index (χ4n) is 11.6. The SMILES string of the molecule is CC(F)(F)c1ccc(NC(=O)c2cccc([N+](=O)[O-])c2O)c(Cl)c1.Cc1cc(NC(=O)c2cccc([N+](=O)[O-])c2O)cc(C(F)(F)F)c1.Cc1ccc(NC(=O)c2cc(Cl)ccc2OC2CCNCC2)c(Cl)c1.Cc1ccc(NC(=O)c2cc(Cl)ccc2OCCCN)c(Cl)c1.Cc1ccc(NC(=O)c2cc(Cl)ccc2OCCN2CCOCC2)c(Cl)c1.Cl. The lowest BCUT2D eigenvalue weighted by Crippen LogP contribution is -2.38. The number of hydrogen-bond donors (Lipinski definition) is 9. The molecular weight excluding hydrogens is 1790 g/mol. The molecule has 5 amide bonds. The Labute approximate surface area is 750 Å². The van der Waals surface area contributed by atoms with E-state index in [1.807, 2.05) is 45.0 Å². The zero-order chi connectivity index (χ0) is 90.0. The van der Waals surface area contributed by atoms with Crippen molar-refractivity contribution in [3.63, 3.8) is 0 Å². The van der Waals surface area contributed by atoms with Gasteiger partial charge in [-0.2, -0.15) is 13.2 Å². The van der Waals surface area contributed by atoms with Crippen LogP contribution in [0.4, 0.5) is 61.8 Å². The molecule has 658 valence electrons. The maximum absolute atomic E-state index is 13.2. The molecule has 0 spiro atoms. The Hall–Kier alpha value is -10.8. The van der Waals surface area contributed by atoms with Gasteiger partial charge in [0.15, 0.2) is 0 Å². The molecule has 25 nitrogen and oxygen atoms in total. The Balaban J connectivity index is 0.000000213. The van der Waals surface area contributed by atoms with Crippen LogP contribution in [-0.2, 0) is 16.8 Å². The molecule has 2 saturated heterocycles. The number of aromatic hydroxyl groups is 2. The Morgan fingerprint density at radius 1 is 0.500 bits per heavy atom. The highest BCUT2D eigenvalue weighted by Crippen LogP contribution is 2.39. The summed E-state index contributed by atoms with van der Waals surface area (Å²) in [7, 11) is 0. The molecule has 0 bridgehead atoms. The number of nitrogens with one attached hydrogen (secondary N) is 6. The normalized spacial score (nSPS) is 12.5. The van der Waals surface area contributed by atoms with Gasteiger partial charge in [-0.25, -0.2) is 8.78 Å². The van der Waals surface area contributed by atoms with Gasteiger partial charge in [-0.1, -0.05) is 118 Å². The topological polar surface area (TPSA) is 350 Å². The number of carbonyl (C=O) groups is 5. The first kappa shape index (κ1) is 100. The van der Waals surface area contributed by atoms with Crippen LogP contribution in [0.2, 0.25) is 35.2 Å². The van der Waals surface area contributed by atoms with Crippen molar-refractivity contribution in [1.29, 1.82) is 0 Å². The first-order chi connectivity index (χ1) is 58.3. The average molecular weight is 1880 g/mol. The standard InChI is InChI=1S/C20H22Cl2N2O3.C19H20Cl2N2O2.C17H18Cl2N2O2.C15H11ClF2N2O4.C15H11F3N2O4.ClH/c1-14-2-4-18(17(22)12-14)23-20(25)16-13-15(21)3-5-19(16)27-11-8-24-6-9-26-10-7-24;1-12-2-4-17(16(21)10-12)23-19(24)15-11-13(20)3-5-18(15)25-14-6-8-22-9-7-14;1-11-3-5-15(14(19)9-11)21-17(22)13-10-12(18)4-6-16(13)23-8-2-7-20;1-15(17,18)8-5-6-11(10(16)7-8)19-14(22)9-3-2-4-12(13(9)21)20(23)24;1-8-5-9(15(16,17)18)7-10(6-8)19-14(22)11-3-2-4-12(13(11)21)20(23)24;/h2-5,12-13H,6-11H2,1H3,(H,23,25);2-5,10-11,14,22H,6-9H2,1H3,(H,23,24);3-6,9-10H,2,7-8,20H2,1H3,(H,21,22);2*2-7,21H,1H3,(H,19,22);1H. The van der Waals surface area contributed by atoms with Crippen molar-refractivity contribution in [2.45, 2.75) is 72.1 Å². The maximum atomic E-state index is 13.2. The molecule has 0 saturated carbocycles. The van der Waals surface area contributed by atoms with E-state index in [4.69, 9.17) is 106 Å². The summed E-state index contributed by atoms with van der Waals surface area (Å²) in [6.07, 6.45) is -1.97. The number of morpholine rings is 1. The number of halogens is 13. The molecule has 124 heavy (non-hydrogen) atoms. The number of benzene rings is 10. The first-order valence-corrected chi connectivity index (χ1v) is 40.1. The van der Waals surface area contributed by atoms with Crippen LogP contribution in [0.1, 0.15) is 111 Å². The van der Waals surface area contributed by atoms with Crippen LogP contribution in [0.15, 0.2) is 182 Å². The lowest BCUT2D eigenvalue weighted by Gasteiger charge is -2.26. The summed E-state index contributed by atoms with van der Waals surface area (Å²) in [4.78, 5) is 84.3. The minimum Gasteiger partial charge on any atom is -0.502 e. The quantitative estimate of drug-likeness (QED) is 0.0124. The molecule has 2 aliphatic heterocycles. The molecule has 38 heteroatoms. The van der Waals surface area contributed by atoms with E-state index in [-0.39, 0.29) is 69.3 Å². The van der Waals surface area contributed by atoms with Crippen molar-refractivity contribution in [2.24, 2.45) is 5.73 Å². The van der Waals surface area contributed by atoms with Gasteiger partial charge in [-0.3, -0.25) is 49.1 Å². The fraction of sp³-hybridized carbons (Fsp3) is 0.244. The van der Waals surface area contributed by atoms with Crippen LogP contribution in [0.25, 0.3) is 0 Å². The van der Waals surface area contributed by atoms with Gasteiger partial charge in [0.1, 0.15) is 30.0 Å². The van der Waals surface area contributed by atoms with Crippen molar-refractivity contribution in [1.82, 2.24) is 10.2 Å². The summed E-state index contributed by atoms with van der Waals surface area (Å²) in [6, 6.07) is 44.4. The molecule has 0 atom stereocenters. The number of nitrogens with two attached hydrogens (primary N) is 1. The van der Waals surface area contributed by atoms with Gasteiger partial charge >= 0.3 is 17.6 Å². The third kappa shape index (κ3) is 30.3. The number of ether oxygens (including phenoxy) is 4. The van der Waals surface area contributed by atoms with E-state index < -0.39 is 67.8 Å². The van der Waals surface area contributed by atoms with E-state index in [1.54, 1.807) is 84.9 Å². The number of anilines is 5. The zero-order valence-corrected chi connectivity index (χ0v) is 72.8. The van der Waals surface area contributed by atoms with Crippen molar-refractivity contribution in [3.05, 3.63) is 299 Å². The molecule has 10 aromatic rings. The molecule has 10 N–H and O–H groups in total.